The van der Waals surface area contributed by atoms with Gasteiger partial charge in [0.05, 0.1) is 18.1 Å². The molecule has 0 aromatic carbocycles. The lowest BCUT2D eigenvalue weighted by Crippen LogP contribution is -2.31. The van der Waals surface area contributed by atoms with Crippen LogP contribution in [0.3, 0.4) is 0 Å². The Balaban J connectivity index is 4.53. The molecule has 0 aliphatic heterocycles. The van der Waals surface area contributed by atoms with E-state index in [4.69, 9.17) is 0 Å². The van der Waals surface area contributed by atoms with Gasteiger partial charge in [-0.3, -0.25) is 0 Å². The lowest BCUT2D eigenvalue weighted by Gasteiger charge is -2.13. The Morgan fingerprint density at radius 1 is 1.33 bits per heavy atom. The van der Waals surface area contributed by atoms with Crippen molar-refractivity contribution in [3.63, 3.8) is 0 Å². The maximum absolute atomic E-state index is 11.1. The van der Waals surface area contributed by atoms with E-state index in [1.54, 1.807) is 13.8 Å². The molecule has 0 rings (SSSR count). The number of nitrogens with zero attached hydrogens (tertiary/aromatic N) is 4. The van der Waals surface area contributed by atoms with Crippen LogP contribution in [0.4, 0.5) is 0 Å². The average Bonchev–Trinajstić information content (AvgIpc) is 2.16. The van der Waals surface area contributed by atoms with Gasteiger partial charge in [0.25, 0.3) is 5.28 Å². The van der Waals surface area contributed by atoms with Crippen molar-refractivity contribution in [2.45, 2.75) is 13.8 Å². The second-order valence-electron chi connectivity index (χ2n) is 2.79. The van der Waals surface area contributed by atoms with Crippen LogP contribution in [0.25, 0.3) is 0 Å². The van der Waals surface area contributed by atoms with Gasteiger partial charge in [-0.25, -0.2) is 0 Å². The molecule has 0 saturated carbocycles. The molecule has 0 atom stereocenters. The van der Waals surface area contributed by atoms with Gasteiger partial charge in [-0.05, 0) is 13.8 Å². The molecular weight excluding hydrogens is 224 g/mol. The molecular formula is C6H16N4O4S. The van der Waals surface area contributed by atoms with Gasteiger partial charge in [0.2, 0.25) is 0 Å². The van der Waals surface area contributed by atoms with Crippen LogP contribution >= 0.6 is 0 Å². The molecule has 90 valence electrons. The molecule has 0 aliphatic carbocycles. The van der Waals surface area contributed by atoms with Crippen LogP contribution < -0.4 is 0 Å². The predicted molar refractivity (Wildman–Crippen MR) is 52.7 cm³/mol. The van der Waals surface area contributed by atoms with Crippen molar-refractivity contribution in [2.75, 3.05) is 27.2 Å². The summed E-state index contributed by atoms with van der Waals surface area (Å²) in [7, 11) is -1.39. The quantitative estimate of drug-likeness (QED) is 0.369. The molecule has 0 fully saturated rings. The molecule has 0 bridgehead atoms. The predicted octanol–water partition coefficient (Wildman–Crippen LogP) is -0.0563. The van der Waals surface area contributed by atoms with Crippen LogP contribution in [0.15, 0.2) is 5.28 Å². The first kappa shape index (κ1) is 13.9. The van der Waals surface area contributed by atoms with Crippen molar-refractivity contribution in [1.82, 2.24) is 9.31 Å². The molecule has 0 aromatic rings. The minimum atomic E-state index is -3.94. The lowest BCUT2D eigenvalue weighted by molar-refractivity contribution is -0.706. The van der Waals surface area contributed by atoms with Crippen molar-refractivity contribution in [1.29, 1.82) is 0 Å². The van der Waals surface area contributed by atoms with Gasteiger partial charge in [0.1, 0.15) is 0 Å². The van der Waals surface area contributed by atoms with Gasteiger partial charge in [-0.1, -0.05) is 0 Å². The molecule has 0 aliphatic rings. The summed E-state index contributed by atoms with van der Waals surface area (Å²) in [6.07, 6.45) is 0. The second-order valence-corrected chi connectivity index (χ2v) is 4.52. The zero-order valence-corrected chi connectivity index (χ0v) is 10.1. The van der Waals surface area contributed by atoms with E-state index in [1.807, 2.05) is 0 Å². The highest BCUT2D eigenvalue weighted by atomic mass is 32.2. The molecule has 0 radical (unpaired) electrons. The first-order valence-electron chi connectivity index (χ1n) is 4.39. The van der Waals surface area contributed by atoms with E-state index < -0.39 is 10.3 Å². The maximum Gasteiger partial charge on any atom is 0.408 e. The SMILES string of the molecule is CCN(CC)/[N+]([O-])=N/OS(=O)(=O)N(C)C. The Bertz CT molecular complexity index is 309. The van der Waals surface area contributed by atoms with Crippen molar-refractivity contribution in [2.24, 2.45) is 5.28 Å². The summed E-state index contributed by atoms with van der Waals surface area (Å²) in [5.41, 5.74) is 0. The average molecular weight is 240 g/mol. The largest absolute Gasteiger partial charge is 0.569 e. The summed E-state index contributed by atoms with van der Waals surface area (Å²) < 4.78 is 27.1. The van der Waals surface area contributed by atoms with E-state index >= 15 is 0 Å². The third-order valence-electron chi connectivity index (χ3n) is 1.62. The summed E-state index contributed by atoms with van der Waals surface area (Å²) in [5.74, 6) is 0. The Kier molecular flexibility index (Phi) is 5.29. The van der Waals surface area contributed by atoms with E-state index in [-0.39, 0.29) is 4.97 Å². The number of hydrogen-bond donors (Lipinski definition) is 0. The summed E-state index contributed by atoms with van der Waals surface area (Å²) in [6.45, 7) is 4.30. The Morgan fingerprint density at radius 2 is 1.80 bits per heavy atom. The number of hydrazine groups is 1. The highest BCUT2D eigenvalue weighted by molar-refractivity contribution is 7.84. The smallest absolute Gasteiger partial charge is 0.408 e. The first-order chi connectivity index (χ1) is 6.85. The molecule has 8 nitrogen and oxygen atoms in total. The van der Waals surface area contributed by atoms with Crippen LogP contribution in [-0.2, 0) is 14.6 Å². The Morgan fingerprint density at radius 3 is 2.13 bits per heavy atom. The van der Waals surface area contributed by atoms with E-state index in [1.165, 1.54) is 19.1 Å². The first-order valence-corrected chi connectivity index (χ1v) is 5.75. The lowest BCUT2D eigenvalue weighted by atomic mass is 10.6. The summed E-state index contributed by atoms with van der Waals surface area (Å²) >= 11 is 0. The van der Waals surface area contributed by atoms with Crippen molar-refractivity contribution < 1.29 is 17.7 Å². The molecule has 0 spiro atoms. The van der Waals surface area contributed by atoms with E-state index in [0.717, 1.165) is 4.31 Å². The fourth-order valence-corrected chi connectivity index (χ4v) is 0.929. The third kappa shape index (κ3) is 4.30. The monoisotopic (exact) mass is 240 g/mol. The molecule has 0 heterocycles. The molecule has 0 saturated heterocycles. The van der Waals surface area contributed by atoms with E-state index in [9.17, 15) is 13.6 Å². The number of hydrogen-bond acceptors (Lipinski definition) is 5. The van der Waals surface area contributed by atoms with Crippen LogP contribution in [-0.4, -0.2) is 49.9 Å². The van der Waals surface area contributed by atoms with Crippen molar-refractivity contribution in [3.05, 3.63) is 5.21 Å². The minimum Gasteiger partial charge on any atom is -0.569 e. The van der Waals surface area contributed by atoms with Gasteiger partial charge in [-0.15, -0.1) is 5.01 Å². The molecule has 0 amide bonds. The Labute approximate surface area is 89.5 Å². The molecule has 9 heteroatoms. The van der Waals surface area contributed by atoms with Crippen LogP contribution in [0.5, 0.6) is 0 Å². The van der Waals surface area contributed by atoms with Crippen LogP contribution in [0.1, 0.15) is 13.8 Å². The highest BCUT2D eigenvalue weighted by Crippen LogP contribution is 1.98. The molecule has 0 aromatic heterocycles. The van der Waals surface area contributed by atoms with Gasteiger partial charge < -0.3 is 5.21 Å². The molecule has 15 heavy (non-hydrogen) atoms. The molecule has 0 unspecified atom stereocenters. The summed E-state index contributed by atoms with van der Waals surface area (Å²) in [6, 6.07) is 0. The molecule has 0 N–H and O–H groups in total. The van der Waals surface area contributed by atoms with Gasteiger partial charge in [0.15, 0.2) is 0 Å². The minimum absolute atomic E-state index is 0.112. The van der Waals surface area contributed by atoms with Crippen LogP contribution in [0.2, 0.25) is 0 Å². The fourth-order valence-electron chi connectivity index (χ4n) is 0.655. The zero-order chi connectivity index (χ0) is 12.1. The highest BCUT2D eigenvalue weighted by Gasteiger charge is 2.18. The second kappa shape index (κ2) is 5.71. The number of rotatable bonds is 6. The van der Waals surface area contributed by atoms with E-state index in [2.05, 4.69) is 9.56 Å². The van der Waals surface area contributed by atoms with Gasteiger partial charge in [0, 0.05) is 14.1 Å². The fraction of sp³-hybridized carbons (Fsp3) is 1.00. The Hall–Kier alpha value is -1.09. The normalized spacial score (nSPS) is 13.0. The maximum atomic E-state index is 11.1. The van der Waals surface area contributed by atoms with Gasteiger partial charge >= 0.3 is 10.3 Å². The summed E-state index contributed by atoms with van der Waals surface area (Å²) in [5, 5.41) is 15.3. The zero-order valence-electron chi connectivity index (χ0n) is 9.24. The topological polar surface area (TPSA) is 88.3 Å². The van der Waals surface area contributed by atoms with Crippen molar-refractivity contribution >= 4 is 10.3 Å². The third-order valence-corrected chi connectivity index (χ3v) is 2.77. The van der Waals surface area contributed by atoms with Crippen molar-refractivity contribution in [3.8, 4) is 0 Å². The van der Waals surface area contributed by atoms with Crippen LogP contribution in [0, 0.1) is 5.21 Å². The summed E-state index contributed by atoms with van der Waals surface area (Å²) in [4.78, 5) is 0.112. The standard InChI is InChI=1S/C6H16N4O4S/c1-5-9(6-2)10(11)7-14-15(12,13)8(3)4/h5-6H2,1-4H3/b10-7-. The van der Waals surface area contributed by atoms with E-state index in [0.29, 0.717) is 13.1 Å². The van der Waals surface area contributed by atoms with Gasteiger partial charge in [-0.2, -0.15) is 17.0 Å².